The minimum atomic E-state index is 0.678. The van der Waals surface area contributed by atoms with Gasteiger partial charge in [-0.1, -0.05) is 188 Å². The highest BCUT2D eigenvalue weighted by molar-refractivity contribution is 7.25. The lowest BCUT2D eigenvalue weighted by Gasteiger charge is -2.12. The number of pyridine rings is 1. The summed E-state index contributed by atoms with van der Waals surface area (Å²) in [6.07, 6.45) is 0. The molecule has 4 nitrogen and oxygen atoms in total. The number of benzene rings is 8. The van der Waals surface area contributed by atoms with Crippen molar-refractivity contribution in [1.82, 2.24) is 19.6 Å². The Balaban J connectivity index is 1.01. The van der Waals surface area contributed by atoms with Gasteiger partial charge in [0.2, 0.25) is 0 Å². The molecule has 4 heterocycles. The maximum Gasteiger partial charge on any atom is 0.160 e. The van der Waals surface area contributed by atoms with E-state index in [9.17, 15) is 0 Å². The van der Waals surface area contributed by atoms with Gasteiger partial charge in [-0.3, -0.25) is 0 Å². The molecule has 12 rings (SSSR count). The Morgan fingerprint density at radius 1 is 0.355 bits per heavy atom. The summed E-state index contributed by atoms with van der Waals surface area (Å²) in [5.74, 6) is 0.678. The topological polar surface area (TPSA) is 43.1 Å². The van der Waals surface area contributed by atoms with E-state index in [2.05, 4.69) is 217 Å². The molecule has 0 aliphatic heterocycles. The van der Waals surface area contributed by atoms with Crippen LogP contribution in [0.4, 0.5) is 0 Å². The van der Waals surface area contributed by atoms with Crippen LogP contribution in [0.1, 0.15) is 0 Å². The minimum Gasteiger partial charge on any atom is -0.231 e. The number of fused-ring (bicyclic) bond motifs is 6. The second kappa shape index (κ2) is 14.9. The van der Waals surface area contributed by atoms with Crippen LogP contribution in [-0.2, 0) is 0 Å². The van der Waals surface area contributed by atoms with Crippen LogP contribution in [0, 0.1) is 0 Å². The third kappa shape index (κ3) is 6.26. The Kier molecular flexibility index (Phi) is 8.65. The summed E-state index contributed by atoms with van der Waals surface area (Å²) in [6, 6.07) is 77.3. The van der Waals surface area contributed by atoms with Gasteiger partial charge < -0.3 is 0 Å². The van der Waals surface area contributed by atoms with Crippen LogP contribution < -0.4 is 0 Å². The van der Waals surface area contributed by atoms with Gasteiger partial charge >= 0.3 is 0 Å². The molecule has 0 amide bonds. The molecule has 62 heavy (non-hydrogen) atoms. The van der Waals surface area contributed by atoms with Gasteiger partial charge in [0, 0.05) is 58.9 Å². The summed E-state index contributed by atoms with van der Waals surface area (Å²) in [5.41, 5.74) is 14.4. The smallest absolute Gasteiger partial charge is 0.160 e. The van der Waals surface area contributed by atoms with Crippen molar-refractivity contribution in [2.75, 3.05) is 0 Å². The van der Waals surface area contributed by atoms with E-state index in [4.69, 9.17) is 15.1 Å². The van der Waals surface area contributed by atoms with Crippen molar-refractivity contribution < 1.29 is 0 Å². The lowest BCUT2D eigenvalue weighted by molar-refractivity contribution is 0.979. The summed E-state index contributed by atoms with van der Waals surface area (Å²) >= 11 is 1.84. The molecular weight excluding hydrogens is 773 g/mol. The molecule has 0 N–H and O–H groups in total. The molecule has 0 atom stereocenters. The van der Waals surface area contributed by atoms with Crippen LogP contribution in [0.15, 0.2) is 218 Å². The molecule has 290 valence electrons. The molecule has 12 aromatic rings. The monoisotopic (exact) mass is 808 g/mol. The van der Waals surface area contributed by atoms with Gasteiger partial charge in [0.15, 0.2) is 5.82 Å². The van der Waals surface area contributed by atoms with Crippen molar-refractivity contribution in [3.63, 3.8) is 0 Å². The van der Waals surface area contributed by atoms with E-state index in [1.54, 1.807) is 0 Å². The summed E-state index contributed by atoms with van der Waals surface area (Å²) in [7, 11) is 0. The largest absolute Gasteiger partial charge is 0.231 e. The zero-order valence-corrected chi connectivity index (χ0v) is 34.3. The molecule has 8 aromatic carbocycles. The molecule has 0 radical (unpaired) electrons. The van der Waals surface area contributed by atoms with Gasteiger partial charge in [0.25, 0.3) is 0 Å². The third-order valence-electron chi connectivity index (χ3n) is 11.8. The zero-order chi connectivity index (χ0) is 41.0. The van der Waals surface area contributed by atoms with Crippen molar-refractivity contribution >= 4 is 47.8 Å². The standard InChI is InChI=1S/C57H36N4S/c1-4-15-38(16-5-1)49-36-50(59-57(58-49)41-29-27-37(28-30-41)42-31-32-48-47-25-12-13-26-52(47)62-53(48)35-42)44-22-14-23-45(33-44)54-55(40-19-8-3-9-20-40)60-61-51(39-17-6-2-7-18-39)34-43-21-10-11-24-46(43)56(54)61/h1-36H. The highest BCUT2D eigenvalue weighted by Gasteiger charge is 2.22. The highest BCUT2D eigenvalue weighted by atomic mass is 32.1. The number of aromatic nitrogens is 4. The van der Waals surface area contributed by atoms with Gasteiger partial charge in [-0.05, 0) is 52.4 Å². The molecule has 0 saturated carbocycles. The van der Waals surface area contributed by atoms with Gasteiger partial charge in [-0.2, -0.15) is 5.10 Å². The second-order valence-electron chi connectivity index (χ2n) is 15.6. The third-order valence-corrected chi connectivity index (χ3v) is 13.0. The van der Waals surface area contributed by atoms with Crippen LogP contribution in [0.3, 0.4) is 0 Å². The Labute approximate surface area is 362 Å². The highest BCUT2D eigenvalue weighted by Crippen LogP contribution is 2.42. The molecule has 5 heteroatoms. The van der Waals surface area contributed by atoms with Gasteiger partial charge in [0.1, 0.15) is 5.69 Å². The van der Waals surface area contributed by atoms with E-state index in [1.165, 1.54) is 25.7 Å². The van der Waals surface area contributed by atoms with Crippen molar-refractivity contribution in [1.29, 1.82) is 0 Å². The normalized spacial score (nSPS) is 11.5. The Hall–Kier alpha value is -7.99. The molecule has 0 fully saturated rings. The first-order valence-electron chi connectivity index (χ1n) is 20.8. The van der Waals surface area contributed by atoms with Crippen molar-refractivity contribution in [3.8, 4) is 78.7 Å². The molecule has 0 aliphatic carbocycles. The van der Waals surface area contributed by atoms with Crippen LogP contribution in [0.25, 0.3) is 115 Å². The fourth-order valence-electron chi connectivity index (χ4n) is 8.81. The van der Waals surface area contributed by atoms with Crippen LogP contribution in [0.2, 0.25) is 0 Å². The maximum atomic E-state index is 5.44. The fourth-order valence-corrected chi connectivity index (χ4v) is 9.95. The van der Waals surface area contributed by atoms with Gasteiger partial charge in [0.05, 0.1) is 22.6 Å². The molecule has 0 spiro atoms. The number of thiophene rings is 1. The molecular formula is C57H36N4S. The lowest BCUT2D eigenvalue weighted by Crippen LogP contribution is -1.96. The van der Waals surface area contributed by atoms with E-state index in [-0.39, 0.29) is 0 Å². The quantitative estimate of drug-likeness (QED) is 0.161. The number of hydrogen-bond acceptors (Lipinski definition) is 4. The Morgan fingerprint density at radius 3 is 1.71 bits per heavy atom. The average Bonchev–Trinajstić information content (AvgIpc) is 3.94. The predicted octanol–water partition coefficient (Wildman–Crippen LogP) is 15.3. The number of rotatable bonds is 7. The van der Waals surface area contributed by atoms with E-state index in [1.807, 2.05) is 17.4 Å². The summed E-state index contributed by atoms with van der Waals surface area (Å²) in [5, 5.41) is 10.4. The van der Waals surface area contributed by atoms with Crippen molar-refractivity contribution in [2.24, 2.45) is 0 Å². The number of nitrogens with zero attached hydrogens (tertiary/aromatic N) is 4. The Morgan fingerprint density at radius 2 is 0.935 bits per heavy atom. The van der Waals surface area contributed by atoms with Crippen LogP contribution >= 0.6 is 11.3 Å². The fraction of sp³-hybridized carbons (Fsp3) is 0. The lowest BCUT2D eigenvalue weighted by atomic mass is 9.95. The average molecular weight is 809 g/mol. The number of hydrogen-bond donors (Lipinski definition) is 0. The second-order valence-corrected chi connectivity index (χ2v) is 16.7. The molecule has 0 unspecified atom stereocenters. The van der Waals surface area contributed by atoms with E-state index in [0.717, 1.165) is 83.6 Å². The SMILES string of the molecule is c1ccc(-c2cc(-c3cccc(-c4c(-c5ccccc5)nn5c(-c6ccccc6)cc6ccccc6c45)c3)nc(-c3ccc(-c4ccc5c(c4)sc4ccccc45)cc3)n2)cc1. The molecule has 0 saturated heterocycles. The Bertz CT molecular complexity index is 3610. The van der Waals surface area contributed by atoms with Crippen LogP contribution in [-0.4, -0.2) is 19.6 Å². The summed E-state index contributed by atoms with van der Waals surface area (Å²) in [4.78, 5) is 10.5. The van der Waals surface area contributed by atoms with Crippen molar-refractivity contribution in [3.05, 3.63) is 218 Å². The van der Waals surface area contributed by atoms with Crippen LogP contribution in [0.5, 0.6) is 0 Å². The van der Waals surface area contributed by atoms with E-state index >= 15 is 0 Å². The first-order chi connectivity index (χ1) is 30.7. The molecule has 0 bridgehead atoms. The van der Waals surface area contributed by atoms with Gasteiger partial charge in [-0.15, -0.1) is 11.3 Å². The maximum absolute atomic E-state index is 5.44. The van der Waals surface area contributed by atoms with E-state index < -0.39 is 0 Å². The zero-order valence-electron chi connectivity index (χ0n) is 33.5. The van der Waals surface area contributed by atoms with E-state index in [0.29, 0.717) is 5.82 Å². The molecule has 4 aromatic heterocycles. The summed E-state index contributed by atoms with van der Waals surface area (Å²) < 4.78 is 4.75. The van der Waals surface area contributed by atoms with Gasteiger partial charge in [-0.25, -0.2) is 14.5 Å². The molecule has 0 aliphatic rings. The first kappa shape index (κ1) is 35.9. The minimum absolute atomic E-state index is 0.678. The predicted molar refractivity (Wildman–Crippen MR) is 259 cm³/mol. The summed E-state index contributed by atoms with van der Waals surface area (Å²) in [6.45, 7) is 0. The van der Waals surface area contributed by atoms with Crippen molar-refractivity contribution in [2.45, 2.75) is 0 Å². The first-order valence-corrected chi connectivity index (χ1v) is 21.7.